The van der Waals surface area contributed by atoms with Crippen molar-refractivity contribution < 1.29 is 4.79 Å². The van der Waals surface area contributed by atoms with E-state index in [2.05, 4.69) is 5.92 Å². The second-order valence-corrected chi connectivity index (χ2v) is 3.59. The van der Waals surface area contributed by atoms with Gasteiger partial charge in [-0.3, -0.25) is 4.79 Å². The SMILES string of the molecule is C#CC1CCN(C(=O)C(C)C)C1. The predicted molar refractivity (Wildman–Crippen MR) is 48.4 cm³/mol. The van der Waals surface area contributed by atoms with E-state index in [0.717, 1.165) is 19.5 Å². The van der Waals surface area contributed by atoms with Gasteiger partial charge in [-0.2, -0.15) is 0 Å². The molecule has 0 aliphatic carbocycles. The van der Waals surface area contributed by atoms with Gasteiger partial charge in [0.2, 0.25) is 5.91 Å². The molecule has 2 nitrogen and oxygen atoms in total. The minimum absolute atomic E-state index is 0.0986. The van der Waals surface area contributed by atoms with Crippen molar-refractivity contribution in [2.75, 3.05) is 13.1 Å². The van der Waals surface area contributed by atoms with Crippen LogP contribution >= 0.6 is 0 Å². The first kappa shape index (κ1) is 9.12. The van der Waals surface area contributed by atoms with Crippen LogP contribution < -0.4 is 0 Å². The molecule has 1 fully saturated rings. The van der Waals surface area contributed by atoms with Gasteiger partial charge in [0.05, 0.1) is 0 Å². The molecule has 12 heavy (non-hydrogen) atoms. The van der Waals surface area contributed by atoms with Crippen LogP contribution in [0.15, 0.2) is 0 Å². The van der Waals surface area contributed by atoms with Crippen molar-refractivity contribution in [1.82, 2.24) is 4.90 Å². The zero-order valence-corrected chi connectivity index (χ0v) is 7.71. The van der Waals surface area contributed by atoms with Crippen molar-refractivity contribution in [2.45, 2.75) is 20.3 Å². The zero-order chi connectivity index (χ0) is 9.14. The number of rotatable bonds is 1. The molecule has 0 radical (unpaired) electrons. The van der Waals surface area contributed by atoms with Crippen molar-refractivity contribution in [3.8, 4) is 12.3 Å². The summed E-state index contributed by atoms with van der Waals surface area (Å²) in [6.45, 7) is 5.44. The van der Waals surface area contributed by atoms with Gasteiger partial charge < -0.3 is 4.90 Å². The average Bonchev–Trinajstić information content (AvgIpc) is 2.50. The molecular formula is C10H15NO. The standard InChI is InChI=1S/C10H15NO/c1-4-9-5-6-11(7-9)10(12)8(2)3/h1,8-9H,5-7H2,2-3H3. The van der Waals surface area contributed by atoms with Crippen molar-refractivity contribution in [1.29, 1.82) is 0 Å². The highest BCUT2D eigenvalue weighted by molar-refractivity contribution is 5.78. The maximum Gasteiger partial charge on any atom is 0.225 e. The Balaban J connectivity index is 2.48. The largest absolute Gasteiger partial charge is 0.341 e. The minimum Gasteiger partial charge on any atom is -0.341 e. The molecule has 0 N–H and O–H groups in total. The highest BCUT2D eigenvalue weighted by atomic mass is 16.2. The van der Waals surface area contributed by atoms with E-state index in [1.54, 1.807) is 0 Å². The Labute approximate surface area is 73.9 Å². The highest BCUT2D eigenvalue weighted by Crippen LogP contribution is 2.16. The summed E-state index contributed by atoms with van der Waals surface area (Å²) in [7, 11) is 0. The Morgan fingerprint density at radius 3 is 2.75 bits per heavy atom. The van der Waals surface area contributed by atoms with E-state index in [1.165, 1.54) is 0 Å². The van der Waals surface area contributed by atoms with Gasteiger partial charge in [-0.15, -0.1) is 12.3 Å². The number of nitrogens with zero attached hydrogens (tertiary/aromatic N) is 1. The van der Waals surface area contributed by atoms with Gasteiger partial charge in [-0.1, -0.05) is 13.8 Å². The molecule has 0 aromatic rings. The Kier molecular flexibility index (Phi) is 2.75. The van der Waals surface area contributed by atoms with E-state index in [4.69, 9.17) is 6.42 Å². The number of terminal acetylenes is 1. The van der Waals surface area contributed by atoms with Gasteiger partial charge in [-0.25, -0.2) is 0 Å². The van der Waals surface area contributed by atoms with Crippen LogP contribution in [0.3, 0.4) is 0 Å². The second-order valence-electron chi connectivity index (χ2n) is 3.59. The van der Waals surface area contributed by atoms with Gasteiger partial charge in [0, 0.05) is 24.9 Å². The molecule has 1 aliphatic rings. The topological polar surface area (TPSA) is 20.3 Å². The molecule has 1 heterocycles. The molecular weight excluding hydrogens is 150 g/mol. The summed E-state index contributed by atoms with van der Waals surface area (Å²) in [4.78, 5) is 13.3. The molecule has 0 spiro atoms. The predicted octanol–water partition coefficient (Wildman–Crippen LogP) is 1.12. The maximum atomic E-state index is 11.5. The van der Waals surface area contributed by atoms with E-state index in [-0.39, 0.29) is 17.7 Å². The summed E-state index contributed by atoms with van der Waals surface area (Å²) in [5.74, 6) is 3.31. The third-order valence-electron chi connectivity index (χ3n) is 2.23. The van der Waals surface area contributed by atoms with Gasteiger partial charge in [0.1, 0.15) is 0 Å². The van der Waals surface area contributed by atoms with Crippen LogP contribution in [0, 0.1) is 24.2 Å². The molecule has 1 amide bonds. The molecule has 1 aliphatic heterocycles. The molecule has 1 unspecified atom stereocenters. The Morgan fingerprint density at radius 1 is 1.67 bits per heavy atom. The van der Waals surface area contributed by atoms with Crippen molar-refractivity contribution in [2.24, 2.45) is 11.8 Å². The molecule has 0 aromatic carbocycles. The molecule has 1 atom stereocenters. The Hall–Kier alpha value is -0.970. The molecule has 66 valence electrons. The zero-order valence-electron chi connectivity index (χ0n) is 7.71. The van der Waals surface area contributed by atoms with Crippen molar-refractivity contribution in [3.05, 3.63) is 0 Å². The highest BCUT2D eigenvalue weighted by Gasteiger charge is 2.25. The Morgan fingerprint density at radius 2 is 2.33 bits per heavy atom. The molecule has 2 heteroatoms. The van der Waals surface area contributed by atoms with Crippen LogP contribution in [0.4, 0.5) is 0 Å². The summed E-state index contributed by atoms with van der Waals surface area (Å²) in [5.41, 5.74) is 0. The van der Waals surface area contributed by atoms with Crippen LogP contribution in [-0.4, -0.2) is 23.9 Å². The van der Waals surface area contributed by atoms with Crippen LogP contribution in [-0.2, 0) is 4.79 Å². The van der Waals surface area contributed by atoms with Crippen LogP contribution in [0.2, 0.25) is 0 Å². The van der Waals surface area contributed by atoms with Crippen LogP contribution in [0.5, 0.6) is 0 Å². The van der Waals surface area contributed by atoms with E-state index >= 15 is 0 Å². The number of carbonyl (C=O) groups is 1. The average molecular weight is 165 g/mol. The number of likely N-dealkylation sites (tertiary alicyclic amines) is 1. The first-order chi connectivity index (χ1) is 5.65. The maximum absolute atomic E-state index is 11.5. The van der Waals surface area contributed by atoms with E-state index in [0.29, 0.717) is 0 Å². The van der Waals surface area contributed by atoms with E-state index in [9.17, 15) is 4.79 Å². The fraction of sp³-hybridized carbons (Fsp3) is 0.700. The minimum atomic E-state index is 0.0986. The number of amides is 1. The monoisotopic (exact) mass is 165 g/mol. The van der Waals surface area contributed by atoms with Crippen molar-refractivity contribution >= 4 is 5.91 Å². The molecule has 0 saturated carbocycles. The summed E-state index contributed by atoms with van der Waals surface area (Å²) in [5, 5.41) is 0. The lowest BCUT2D eigenvalue weighted by Gasteiger charge is -2.17. The third-order valence-corrected chi connectivity index (χ3v) is 2.23. The van der Waals surface area contributed by atoms with Gasteiger partial charge >= 0.3 is 0 Å². The summed E-state index contributed by atoms with van der Waals surface area (Å²) in [6.07, 6.45) is 6.25. The summed E-state index contributed by atoms with van der Waals surface area (Å²) < 4.78 is 0. The number of hydrogen-bond acceptors (Lipinski definition) is 1. The molecule has 1 saturated heterocycles. The summed E-state index contributed by atoms with van der Waals surface area (Å²) >= 11 is 0. The fourth-order valence-electron chi connectivity index (χ4n) is 1.46. The van der Waals surface area contributed by atoms with Crippen molar-refractivity contribution in [3.63, 3.8) is 0 Å². The lowest BCUT2D eigenvalue weighted by Crippen LogP contribution is -2.32. The van der Waals surface area contributed by atoms with Crippen LogP contribution in [0.1, 0.15) is 20.3 Å². The molecule has 0 aromatic heterocycles. The van der Waals surface area contributed by atoms with Crippen LogP contribution in [0.25, 0.3) is 0 Å². The lowest BCUT2D eigenvalue weighted by atomic mass is 10.1. The van der Waals surface area contributed by atoms with E-state index in [1.807, 2.05) is 18.7 Å². The Bertz CT molecular complexity index is 214. The quantitative estimate of drug-likeness (QED) is 0.533. The first-order valence-corrected chi connectivity index (χ1v) is 4.40. The fourth-order valence-corrected chi connectivity index (χ4v) is 1.46. The first-order valence-electron chi connectivity index (χ1n) is 4.40. The van der Waals surface area contributed by atoms with E-state index < -0.39 is 0 Å². The normalized spacial score (nSPS) is 22.8. The third kappa shape index (κ3) is 1.79. The summed E-state index contributed by atoms with van der Waals surface area (Å²) in [6, 6.07) is 0. The lowest BCUT2D eigenvalue weighted by molar-refractivity contribution is -0.133. The smallest absolute Gasteiger partial charge is 0.225 e. The molecule has 0 bridgehead atoms. The van der Waals surface area contributed by atoms with Gasteiger partial charge in [0.25, 0.3) is 0 Å². The van der Waals surface area contributed by atoms with Gasteiger partial charge in [0.15, 0.2) is 0 Å². The number of hydrogen-bond donors (Lipinski definition) is 0. The molecule has 1 rings (SSSR count). The van der Waals surface area contributed by atoms with Gasteiger partial charge in [-0.05, 0) is 6.42 Å². The second kappa shape index (κ2) is 3.62. The number of carbonyl (C=O) groups excluding carboxylic acids is 1.